The summed E-state index contributed by atoms with van der Waals surface area (Å²) >= 11 is 9.96. The zero-order valence-corrected chi connectivity index (χ0v) is 35.7. The van der Waals surface area contributed by atoms with Crippen molar-refractivity contribution in [3.63, 3.8) is 0 Å². The van der Waals surface area contributed by atoms with Crippen LogP contribution >= 0.6 is 27.5 Å². The minimum Gasteiger partial charge on any atom is -0.503 e. The molecule has 4 aliphatic rings. The van der Waals surface area contributed by atoms with E-state index in [2.05, 4.69) is 15.9 Å². The van der Waals surface area contributed by atoms with E-state index in [-0.39, 0.29) is 36.2 Å². The van der Waals surface area contributed by atoms with Crippen LogP contribution in [0, 0.1) is 23.7 Å². The number of methoxy groups -OCH3 is 3. The Labute approximate surface area is 366 Å². The van der Waals surface area contributed by atoms with Crippen LogP contribution in [0.5, 0.6) is 23.0 Å². The van der Waals surface area contributed by atoms with Crippen LogP contribution in [0.2, 0.25) is 5.02 Å². The number of imide groups is 2. The van der Waals surface area contributed by atoms with Gasteiger partial charge in [-0.15, -0.1) is 0 Å². The molecular weight excluding hydrogens is 860 g/mol. The molecule has 2 saturated heterocycles. The number of hydrogen-bond donors (Lipinski definition) is 1. The molecule has 0 aromatic heterocycles. The number of fused-ring (bicyclic) bond motifs is 4. The van der Waals surface area contributed by atoms with E-state index in [1.54, 1.807) is 62.8 Å². The first-order chi connectivity index (χ1) is 29.5. The van der Waals surface area contributed by atoms with Crippen molar-refractivity contribution in [2.24, 2.45) is 23.7 Å². The van der Waals surface area contributed by atoms with Gasteiger partial charge in [0, 0.05) is 16.5 Å². The molecule has 2 aliphatic heterocycles. The van der Waals surface area contributed by atoms with Crippen molar-refractivity contribution < 1.29 is 38.5 Å². The number of phenolic OH excluding ortho intramolecular Hbond substituents is 1. The molecule has 1 N–H and O–H groups in total. The van der Waals surface area contributed by atoms with Crippen molar-refractivity contribution >= 4 is 74.7 Å². The fourth-order valence-electron chi connectivity index (χ4n) is 10.2. The van der Waals surface area contributed by atoms with Gasteiger partial charge in [0.2, 0.25) is 23.6 Å². The van der Waals surface area contributed by atoms with E-state index in [1.165, 1.54) is 16.9 Å². The van der Waals surface area contributed by atoms with E-state index >= 15 is 9.59 Å². The highest BCUT2D eigenvalue weighted by Crippen LogP contribution is 2.65. The summed E-state index contributed by atoms with van der Waals surface area (Å²) in [5.41, 5.74) is 2.97. The smallest absolute Gasteiger partial charge is 0.246 e. The molecule has 5 aromatic carbocycles. The molecule has 0 bridgehead atoms. The van der Waals surface area contributed by atoms with Gasteiger partial charge in [0.25, 0.3) is 0 Å². The molecule has 3 fully saturated rings. The predicted molar refractivity (Wildman–Crippen MR) is 236 cm³/mol. The van der Waals surface area contributed by atoms with E-state index in [1.807, 2.05) is 78.9 Å². The normalized spacial score (nSPS) is 24.4. The molecule has 4 amide bonds. The summed E-state index contributed by atoms with van der Waals surface area (Å²) < 4.78 is 16.9. The van der Waals surface area contributed by atoms with Crippen molar-refractivity contribution in [1.82, 2.24) is 0 Å². The summed E-state index contributed by atoms with van der Waals surface area (Å²) in [6.45, 7) is 0. The molecule has 61 heavy (non-hydrogen) atoms. The van der Waals surface area contributed by atoms with Crippen molar-refractivity contribution in [3.8, 4) is 23.0 Å². The first-order valence-electron chi connectivity index (χ1n) is 19.9. The number of ether oxygens (including phenoxy) is 3. The second-order valence-electron chi connectivity index (χ2n) is 15.7. The van der Waals surface area contributed by atoms with Crippen LogP contribution in [0.1, 0.15) is 41.0 Å². The van der Waals surface area contributed by atoms with Crippen LogP contribution in [0.15, 0.2) is 125 Å². The van der Waals surface area contributed by atoms with E-state index < -0.39 is 46.8 Å². The van der Waals surface area contributed by atoms with Crippen molar-refractivity contribution in [1.29, 1.82) is 0 Å². The third-order valence-corrected chi connectivity index (χ3v) is 13.7. The highest BCUT2D eigenvalue weighted by Gasteiger charge is 2.70. The summed E-state index contributed by atoms with van der Waals surface area (Å²) in [4.78, 5) is 62.4. The SMILES string of the molecule is COc1ccc(OC)c(C=Cc2ccc(N3C(=O)C4CC=C5C(CC6C(=O)N(c7cccc(Cl)c7)C(=O)C6(c6ccccc6)C5c5cc(Br)c(O)c(OC)c5)C4C3=O)cc2)c1. The summed E-state index contributed by atoms with van der Waals surface area (Å²) in [6.07, 6.45) is 6.21. The maximum Gasteiger partial charge on any atom is 0.246 e. The van der Waals surface area contributed by atoms with Gasteiger partial charge in [-0.05, 0) is 112 Å². The van der Waals surface area contributed by atoms with Crippen LogP contribution in [0.3, 0.4) is 0 Å². The van der Waals surface area contributed by atoms with Crippen LogP contribution in [0.4, 0.5) is 11.4 Å². The lowest BCUT2D eigenvalue weighted by molar-refractivity contribution is -0.127. The van der Waals surface area contributed by atoms with Crippen LogP contribution in [-0.2, 0) is 24.6 Å². The molecule has 5 aromatic rings. The average molecular weight is 900 g/mol. The molecule has 2 heterocycles. The Morgan fingerprint density at radius 3 is 2.20 bits per heavy atom. The number of halogens is 2. The minimum absolute atomic E-state index is 0.121. The van der Waals surface area contributed by atoms with Crippen molar-refractivity contribution in [2.45, 2.75) is 24.2 Å². The van der Waals surface area contributed by atoms with Gasteiger partial charge in [-0.1, -0.05) is 83.9 Å². The number of rotatable bonds is 9. The Morgan fingerprint density at radius 2 is 1.49 bits per heavy atom. The maximum absolute atomic E-state index is 15.5. The summed E-state index contributed by atoms with van der Waals surface area (Å²) in [7, 11) is 4.65. The Bertz CT molecular complexity index is 2680. The number of phenols is 1. The Hall–Kier alpha value is -6.17. The first-order valence-corrected chi connectivity index (χ1v) is 21.0. The molecule has 308 valence electrons. The number of hydrogen-bond acceptors (Lipinski definition) is 8. The van der Waals surface area contributed by atoms with Gasteiger partial charge in [0.05, 0.1) is 60.3 Å². The number of aromatic hydroxyl groups is 1. The summed E-state index contributed by atoms with van der Waals surface area (Å²) in [5, 5.41) is 11.3. The lowest BCUT2D eigenvalue weighted by atomic mass is 9.49. The van der Waals surface area contributed by atoms with E-state index in [4.69, 9.17) is 25.8 Å². The molecule has 2 aliphatic carbocycles. The van der Waals surface area contributed by atoms with E-state index in [0.717, 1.165) is 16.7 Å². The van der Waals surface area contributed by atoms with Crippen molar-refractivity contribution in [3.05, 3.63) is 153 Å². The number of amides is 4. The molecule has 9 rings (SSSR count). The zero-order valence-electron chi connectivity index (χ0n) is 33.4. The summed E-state index contributed by atoms with van der Waals surface area (Å²) in [6, 6.07) is 32.1. The standard InChI is InChI=1S/C49H40BrClN2O8/c1-59-34-18-21-40(60-2)28(22-34)15-12-27-13-16-32(17-14-27)52-45(55)36-20-19-35-37(42(36)47(52)57)26-38-46(56)53(33-11-7-10-31(51)25-33)48(58)49(38,30-8-5-4-6-9-30)43(35)29-23-39(50)44(54)41(24-29)61-3/h4-19,21-25,36-38,42-43,54H,20,26H2,1-3H3. The maximum atomic E-state index is 15.5. The van der Waals surface area contributed by atoms with Gasteiger partial charge < -0.3 is 19.3 Å². The molecule has 6 unspecified atom stereocenters. The highest BCUT2D eigenvalue weighted by molar-refractivity contribution is 9.10. The van der Waals surface area contributed by atoms with Gasteiger partial charge in [-0.2, -0.15) is 0 Å². The van der Waals surface area contributed by atoms with E-state index in [9.17, 15) is 14.7 Å². The van der Waals surface area contributed by atoms with Gasteiger partial charge in [-0.3, -0.25) is 24.1 Å². The second kappa shape index (κ2) is 15.7. The topological polar surface area (TPSA) is 123 Å². The molecule has 1 saturated carbocycles. The lowest BCUT2D eigenvalue weighted by Gasteiger charge is -2.50. The van der Waals surface area contributed by atoms with Crippen LogP contribution in [-0.4, -0.2) is 50.1 Å². The van der Waals surface area contributed by atoms with Crippen molar-refractivity contribution in [2.75, 3.05) is 31.1 Å². The van der Waals surface area contributed by atoms with Crippen LogP contribution in [0.25, 0.3) is 12.2 Å². The predicted octanol–water partition coefficient (Wildman–Crippen LogP) is 9.37. The Kier molecular flexibility index (Phi) is 10.4. The number of carbonyl (C=O) groups excluding carboxylic acids is 4. The number of allylic oxidation sites excluding steroid dienone is 2. The first kappa shape index (κ1) is 40.2. The van der Waals surface area contributed by atoms with Crippen LogP contribution < -0.4 is 24.0 Å². The highest BCUT2D eigenvalue weighted by atomic mass is 79.9. The molecule has 10 nitrogen and oxygen atoms in total. The largest absolute Gasteiger partial charge is 0.503 e. The Morgan fingerprint density at radius 1 is 0.738 bits per heavy atom. The van der Waals surface area contributed by atoms with Gasteiger partial charge >= 0.3 is 0 Å². The molecule has 6 atom stereocenters. The van der Waals surface area contributed by atoms with Gasteiger partial charge in [-0.25, -0.2) is 4.90 Å². The van der Waals surface area contributed by atoms with E-state index in [0.29, 0.717) is 43.5 Å². The molecular formula is C49H40BrClN2O8. The molecule has 12 heteroatoms. The fraction of sp³-hybridized carbons (Fsp3) is 0.224. The third-order valence-electron chi connectivity index (χ3n) is 12.8. The molecule has 0 radical (unpaired) electrons. The lowest BCUT2D eigenvalue weighted by Crippen LogP contribution is -2.53. The number of benzene rings is 5. The minimum atomic E-state index is -1.49. The Balaban J connectivity index is 1.14. The average Bonchev–Trinajstić information content (AvgIpc) is 3.67. The monoisotopic (exact) mass is 898 g/mol. The second-order valence-corrected chi connectivity index (χ2v) is 17.0. The zero-order chi connectivity index (χ0) is 42.7. The summed E-state index contributed by atoms with van der Waals surface area (Å²) in [5.74, 6) is -3.91. The van der Waals surface area contributed by atoms with Gasteiger partial charge in [0.1, 0.15) is 11.5 Å². The molecule has 0 spiro atoms. The number of nitrogens with zero attached hydrogens (tertiary/aromatic N) is 2. The quantitative estimate of drug-likeness (QED) is 0.0883. The third kappa shape index (κ3) is 6.36. The number of anilines is 2. The van der Waals surface area contributed by atoms with Gasteiger partial charge in [0.15, 0.2) is 11.5 Å². The fourth-order valence-corrected chi connectivity index (χ4v) is 10.8. The number of carbonyl (C=O) groups is 4.